The number of nitrogens with one attached hydrogen (secondary N) is 1. The van der Waals surface area contributed by atoms with Crippen LogP contribution in [0.2, 0.25) is 0 Å². The van der Waals surface area contributed by atoms with Crippen LogP contribution in [0.5, 0.6) is 0 Å². The summed E-state index contributed by atoms with van der Waals surface area (Å²) < 4.78 is 2.10. The summed E-state index contributed by atoms with van der Waals surface area (Å²) in [5.41, 5.74) is 4.48. The predicted octanol–water partition coefficient (Wildman–Crippen LogP) is 2.34. The molecular formula is C18H21N3O. The van der Waals surface area contributed by atoms with E-state index in [1.54, 1.807) is 0 Å². The minimum Gasteiger partial charge on any atom is -0.395 e. The van der Waals surface area contributed by atoms with Crippen molar-refractivity contribution < 1.29 is 5.11 Å². The van der Waals surface area contributed by atoms with Gasteiger partial charge >= 0.3 is 0 Å². The summed E-state index contributed by atoms with van der Waals surface area (Å²) >= 11 is 0. The molecule has 2 heterocycles. The van der Waals surface area contributed by atoms with Crippen molar-refractivity contribution in [2.24, 2.45) is 0 Å². The van der Waals surface area contributed by atoms with Crippen molar-refractivity contribution in [1.29, 1.82) is 0 Å². The highest BCUT2D eigenvalue weighted by Crippen LogP contribution is 2.11. The molecule has 2 aromatic heterocycles. The summed E-state index contributed by atoms with van der Waals surface area (Å²) in [5, 5.41) is 13.0. The number of benzene rings is 1. The number of imidazole rings is 1. The van der Waals surface area contributed by atoms with Crippen molar-refractivity contribution >= 4 is 5.65 Å². The van der Waals surface area contributed by atoms with Crippen LogP contribution in [-0.2, 0) is 13.0 Å². The van der Waals surface area contributed by atoms with Crippen LogP contribution in [0.1, 0.15) is 16.8 Å². The monoisotopic (exact) mass is 295 g/mol. The molecule has 4 heteroatoms. The van der Waals surface area contributed by atoms with E-state index >= 15 is 0 Å². The summed E-state index contributed by atoms with van der Waals surface area (Å²) in [7, 11) is 0. The molecule has 0 aliphatic rings. The average molecular weight is 295 g/mol. The van der Waals surface area contributed by atoms with Gasteiger partial charge in [-0.25, -0.2) is 4.98 Å². The van der Waals surface area contributed by atoms with Crippen molar-refractivity contribution in [3.05, 3.63) is 71.7 Å². The molecule has 2 N–H and O–H groups in total. The number of rotatable bonds is 6. The zero-order valence-electron chi connectivity index (χ0n) is 12.7. The molecule has 3 rings (SSSR count). The Balaban J connectivity index is 1.68. The fraction of sp³-hybridized carbons (Fsp3) is 0.278. The number of hydrogen-bond donors (Lipinski definition) is 2. The quantitative estimate of drug-likeness (QED) is 0.734. The second kappa shape index (κ2) is 6.73. The summed E-state index contributed by atoms with van der Waals surface area (Å²) in [6, 6.07) is 14.4. The van der Waals surface area contributed by atoms with E-state index in [2.05, 4.69) is 39.8 Å². The van der Waals surface area contributed by atoms with E-state index in [1.165, 1.54) is 5.56 Å². The average Bonchev–Trinajstić information content (AvgIpc) is 2.97. The highest BCUT2D eigenvalue weighted by atomic mass is 16.3. The topological polar surface area (TPSA) is 49.6 Å². The van der Waals surface area contributed by atoms with Gasteiger partial charge in [-0.15, -0.1) is 0 Å². The molecule has 0 saturated carbocycles. The number of fused-ring (bicyclic) bond motifs is 1. The molecule has 3 aromatic rings. The van der Waals surface area contributed by atoms with Gasteiger partial charge in [0.1, 0.15) is 5.65 Å². The van der Waals surface area contributed by atoms with Gasteiger partial charge in [-0.2, -0.15) is 0 Å². The lowest BCUT2D eigenvalue weighted by atomic mass is 10.1. The van der Waals surface area contributed by atoms with Crippen LogP contribution in [-0.4, -0.2) is 27.1 Å². The first-order chi connectivity index (χ1) is 10.8. The zero-order chi connectivity index (χ0) is 15.4. The summed E-state index contributed by atoms with van der Waals surface area (Å²) in [6.45, 7) is 2.86. The van der Waals surface area contributed by atoms with E-state index in [1.807, 2.05) is 36.7 Å². The number of aryl methyl sites for hydroxylation is 1. The maximum Gasteiger partial charge on any atom is 0.139 e. The van der Waals surface area contributed by atoms with Crippen LogP contribution in [0, 0.1) is 6.92 Å². The van der Waals surface area contributed by atoms with Gasteiger partial charge in [0.15, 0.2) is 0 Å². The number of aromatic nitrogens is 2. The normalized spacial score (nSPS) is 12.6. The highest BCUT2D eigenvalue weighted by Gasteiger charge is 2.10. The molecule has 0 aliphatic carbocycles. The Morgan fingerprint density at radius 2 is 2.00 bits per heavy atom. The number of nitrogens with zero attached hydrogens (tertiary/aromatic N) is 2. The Morgan fingerprint density at radius 3 is 2.77 bits per heavy atom. The standard InChI is InChI=1S/C18H21N3O/c1-14-6-5-9-21-17(12-20-18(14)21)11-19-16(13-22)10-15-7-3-2-4-8-15/h2-9,12,16,19,22H,10-11,13H2,1H3/t16-/m1/s1. The smallest absolute Gasteiger partial charge is 0.139 e. The van der Waals surface area contributed by atoms with E-state index in [4.69, 9.17) is 0 Å². The molecule has 0 fully saturated rings. The minimum absolute atomic E-state index is 0.0396. The molecule has 0 unspecified atom stereocenters. The summed E-state index contributed by atoms with van der Waals surface area (Å²) in [5.74, 6) is 0. The largest absolute Gasteiger partial charge is 0.395 e. The first-order valence-corrected chi connectivity index (χ1v) is 7.57. The van der Waals surface area contributed by atoms with Gasteiger partial charge in [0.05, 0.1) is 18.5 Å². The van der Waals surface area contributed by atoms with E-state index in [0.717, 1.165) is 23.3 Å². The lowest BCUT2D eigenvalue weighted by Crippen LogP contribution is -2.34. The molecule has 22 heavy (non-hydrogen) atoms. The number of aliphatic hydroxyl groups excluding tert-OH is 1. The molecule has 4 nitrogen and oxygen atoms in total. The third kappa shape index (κ3) is 3.18. The lowest BCUT2D eigenvalue weighted by Gasteiger charge is -2.16. The number of aliphatic hydroxyl groups is 1. The van der Waals surface area contributed by atoms with Crippen molar-refractivity contribution in [3.8, 4) is 0 Å². The first kappa shape index (κ1) is 14.8. The van der Waals surface area contributed by atoms with Gasteiger partial charge in [-0.05, 0) is 30.5 Å². The van der Waals surface area contributed by atoms with Gasteiger partial charge in [-0.1, -0.05) is 36.4 Å². The van der Waals surface area contributed by atoms with Crippen molar-refractivity contribution in [3.63, 3.8) is 0 Å². The molecule has 0 amide bonds. The first-order valence-electron chi connectivity index (χ1n) is 7.57. The second-order valence-corrected chi connectivity index (χ2v) is 5.58. The Bertz CT molecular complexity index is 736. The maximum absolute atomic E-state index is 9.59. The van der Waals surface area contributed by atoms with E-state index < -0.39 is 0 Å². The summed E-state index contributed by atoms with van der Waals surface area (Å²) in [6.07, 6.45) is 4.73. The molecule has 1 aromatic carbocycles. The Hall–Kier alpha value is -2.17. The van der Waals surface area contributed by atoms with Gasteiger partial charge < -0.3 is 14.8 Å². The predicted molar refractivity (Wildman–Crippen MR) is 87.8 cm³/mol. The Labute approximate surface area is 130 Å². The van der Waals surface area contributed by atoms with E-state index in [-0.39, 0.29) is 12.6 Å². The van der Waals surface area contributed by atoms with Crippen molar-refractivity contribution in [1.82, 2.24) is 14.7 Å². The van der Waals surface area contributed by atoms with Gasteiger partial charge in [0, 0.05) is 18.8 Å². The van der Waals surface area contributed by atoms with E-state index in [9.17, 15) is 5.11 Å². The molecular weight excluding hydrogens is 274 g/mol. The maximum atomic E-state index is 9.59. The van der Waals surface area contributed by atoms with E-state index in [0.29, 0.717) is 6.54 Å². The summed E-state index contributed by atoms with van der Waals surface area (Å²) in [4.78, 5) is 4.47. The Kier molecular flexibility index (Phi) is 4.51. The van der Waals surface area contributed by atoms with Crippen LogP contribution in [0.3, 0.4) is 0 Å². The molecule has 114 valence electrons. The lowest BCUT2D eigenvalue weighted by molar-refractivity contribution is 0.240. The van der Waals surface area contributed by atoms with Gasteiger partial charge in [-0.3, -0.25) is 0 Å². The van der Waals surface area contributed by atoms with Crippen molar-refractivity contribution in [2.45, 2.75) is 25.9 Å². The molecule has 0 saturated heterocycles. The van der Waals surface area contributed by atoms with Gasteiger partial charge in [0.2, 0.25) is 0 Å². The molecule has 0 spiro atoms. The zero-order valence-corrected chi connectivity index (χ0v) is 12.7. The number of pyridine rings is 1. The molecule has 0 radical (unpaired) electrons. The number of hydrogen-bond acceptors (Lipinski definition) is 3. The van der Waals surface area contributed by atoms with Crippen LogP contribution in [0.15, 0.2) is 54.9 Å². The van der Waals surface area contributed by atoms with Crippen LogP contribution in [0.4, 0.5) is 0 Å². The fourth-order valence-corrected chi connectivity index (χ4v) is 2.68. The Morgan fingerprint density at radius 1 is 1.18 bits per heavy atom. The van der Waals surface area contributed by atoms with Crippen LogP contribution in [0.25, 0.3) is 5.65 Å². The molecule has 1 atom stereocenters. The third-order valence-corrected chi connectivity index (χ3v) is 3.92. The van der Waals surface area contributed by atoms with Crippen LogP contribution < -0.4 is 5.32 Å². The molecule has 0 aliphatic heterocycles. The highest BCUT2D eigenvalue weighted by molar-refractivity contribution is 5.48. The molecule has 0 bridgehead atoms. The van der Waals surface area contributed by atoms with Gasteiger partial charge in [0.25, 0.3) is 0 Å². The second-order valence-electron chi connectivity index (χ2n) is 5.58. The SMILES string of the molecule is Cc1cccn2c(CN[C@@H](CO)Cc3ccccc3)cnc12. The van der Waals surface area contributed by atoms with Crippen molar-refractivity contribution in [2.75, 3.05) is 6.61 Å². The minimum atomic E-state index is 0.0396. The van der Waals surface area contributed by atoms with Crippen LogP contribution >= 0.6 is 0 Å². The third-order valence-electron chi connectivity index (χ3n) is 3.92. The fourth-order valence-electron chi connectivity index (χ4n) is 2.68.